The van der Waals surface area contributed by atoms with E-state index in [-0.39, 0.29) is 0 Å². The van der Waals surface area contributed by atoms with Gasteiger partial charge in [0.2, 0.25) is 0 Å². The summed E-state index contributed by atoms with van der Waals surface area (Å²) in [6, 6.07) is 0. The van der Waals surface area contributed by atoms with Gasteiger partial charge >= 0.3 is 5.97 Å². The van der Waals surface area contributed by atoms with Crippen LogP contribution in [-0.4, -0.2) is 23.3 Å². The van der Waals surface area contributed by atoms with Crippen molar-refractivity contribution >= 4 is 5.97 Å². The van der Waals surface area contributed by atoms with Crippen LogP contribution in [0.4, 0.5) is 0 Å². The lowest BCUT2D eigenvalue weighted by molar-refractivity contribution is -0.356. The van der Waals surface area contributed by atoms with Gasteiger partial charge in [-0.1, -0.05) is 27.2 Å². The van der Waals surface area contributed by atoms with Gasteiger partial charge in [-0.3, -0.25) is 0 Å². The van der Waals surface area contributed by atoms with Crippen molar-refractivity contribution in [1.82, 2.24) is 0 Å². The van der Waals surface area contributed by atoms with Crippen molar-refractivity contribution in [3.63, 3.8) is 0 Å². The minimum Gasteiger partial charge on any atom is -0.479 e. The smallest absolute Gasteiger partial charge is 0.339 e. The summed E-state index contributed by atoms with van der Waals surface area (Å²) in [5.74, 6) is -0.959. The summed E-state index contributed by atoms with van der Waals surface area (Å²) in [4.78, 5) is 20.8. The monoisotopic (exact) mass is 204 g/mol. The summed E-state index contributed by atoms with van der Waals surface area (Å²) in [7, 11) is 0. The molecular weight excluding hydrogens is 184 g/mol. The number of carboxylic acid groups (broad SMARTS) is 1. The first-order valence-corrected chi connectivity index (χ1v) is 5.17. The number of carbonyl (C=O) groups is 1. The molecule has 0 atom stereocenters. The van der Waals surface area contributed by atoms with E-state index in [1.54, 1.807) is 13.8 Å². The molecule has 0 amide bonds. The van der Waals surface area contributed by atoms with Gasteiger partial charge in [-0.15, -0.1) is 0 Å². The summed E-state index contributed by atoms with van der Waals surface area (Å²) in [6.07, 6.45) is 2.70. The Labute approximate surface area is 85.1 Å². The summed E-state index contributed by atoms with van der Waals surface area (Å²) < 4.78 is 0. The van der Waals surface area contributed by atoms with E-state index in [9.17, 15) is 4.79 Å². The molecule has 0 rings (SSSR count). The third kappa shape index (κ3) is 3.64. The summed E-state index contributed by atoms with van der Waals surface area (Å²) >= 11 is 0. The normalized spacial score (nSPS) is 11.6. The number of aliphatic carboxylic acids is 1. The minimum absolute atomic E-state index is 0.408. The van der Waals surface area contributed by atoms with Crippen molar-refractivity contribution < 1.29 is 19.7 Å². The number of carboxylic acids is 1. The summed E-state index contributed by atoms with van der Waals surface area (Å²) in [6.45, 7) is 6.04. The van der Waals surface area contributed by atoms with Crippen LogP contribution in [0.2, 0.25) is 0 Å². The lowest BCUT2D eigenvalue weighted by atomic mass is 9.98. The highest BCUT2D eigenvalue weighted by molar-refractivity contribution is 5.77. The fourth-order valence-electron chi connectivity index (χ4n) is 1.06. The Morgan fingerprint density at radius 1 is 1.29 bits per heavy atom. The van der Waals surface area contributed by atoms with Crippen LogP contribution in [0.5, 0.6) is 0 Å². The van der Waals surface area contributed by atoms with Gasteiger partial charge < -0.3 is 5.11 Å². The molecule has 0 aliphatic heterocycles. The Kier molecular flexibility index (Phi) is 6.49. The Hall–Kier alpha value is -0.610. The highest BCUT2D eigenvalue weighted by Crippen LogP contribution is 2.21. The molecule has 0 aromatic carbocycles. The van der Waals surface area contributed by atoms with Crippen molar-refractivity contribution in [1.29, 1.82) is 0 Å². The fraction of sp³-hybridized carbons (Fsp3) is 0.900. The molecule has 1 N–H and O–H groups in total. The van der Waals surface area contributed by atoms with Gasteiger partial charge in [0.25, 0.3) is 0 Å². The number of unbranched alkanes of at least 4 members (excludes halogenated alkanes) is 1. The SMILES string of the molecule is CCCCOOC(CC)(CC)C(=O)O. The second kappa shape index (κ2) is 6.79. The molecular formula is C10H20O4. The molecule has 4 heteroatoms. The van der Waals surface area contributed by atoms with E-state index in [1.165, 1.54) is 0 Å². The van der Waals surface area contributed by atoms with Crippen LogP contribution in [-0.2, 0) is 14.6 Å². The van der Waals surface area contributed by atoms with Crippen LogP contribution < -0.4 is 0 Å². The maximum atomic E-state index is 10.9. The zero-order valence-electron chi connectivity index (χ0n) is 9.21. The van der Waals surface area contributed by atoms with Gasteiger partial charge in [0.15, 0.2) is 5.60 Å². The molecule has 0 aliphatic rings. The van der Waals surface area contributed by atoms with Gasteiger partial charge in [-0.25, -0.2) is 14.6 Å². The quantitative estimate of drug-likeness (QED) is 0.374. The van der Waals surface area contributed by atoms with Gasteiger partial charge in [0.05, 0.1) is 6.61 Å². The van der Waals surface area contributed by atoms with E-state index >= 15 is 0 Å². The van der Waals surface area contributed by atoms with Crippen molar-refractivity contribution in [2.24, 2.45) is 0 Å². The molecule has 0 radical (unpaired) electrons. The maximum Gasteiger partial charge on any atom is 0.339 e. The molecule has 0 fully saturated rings. The molecule has 0 bridgehead atoms. The van der Waals surface area contributed by atoms with E-state index in [2.05, 4.69) is 0 Å². The largest absolute Gasteiger partial charge is 0.479 e. The average Bonchev–Trinajstić information content (AvgIpc) is 2.18. The molecule has 0 aliphatic carbocycles. The van der Waals surface area contributed by atoms with E-state index in [0.717, 1.165) is 12.8 Å². The van der Waals surface area contributed by atoms with Crippen molar-refractivity contribution in [2.75, 3.05) is 6.61 Å². The molecule has 0 aromatic heterocycles. The molecule has 0 spiro atoms. The van der Waals surface area contributed by atoms with E-state index in [1.807, 2.05) is 6.92 Å². The van der Waals surface area contributed by atoms with Crippen LogP contribution in [0.3, 0.4) is 0 Å². The fourth-order valence-corrected chi connectivity index (χ4v) is 1.06. The predicted molar refractivity (Wildman–Crippen MR) is 52.9 cm³/mol. The molecule has 0 heterocycles. The van der Waals surface area contributed by atoms with Crippen molar-refractivity contribution in [3.05, 3.63) is 0 Å². The van der Waals surface area contributed by atoms with Crippen LogP contribution in [0.15, 0.2) is 0 Å². The van der Waals surface area contributed by atoms with Crippen molar-refractivity contribution in [3.8, 4) is 0 Å². The second-order valence-electron chi connectivity index (χ2n) is 3.27. The first-order chi connectivity index (χ1) is 6.63. The second-order valence-corrected chi connectivity index (χ2v) is 3.27. The first-order valence-electron chi connectivity index (χ1n) is 5.17. The zero-order chi connectivity index (χ0) is 11.0. The molecule has 0 saturated carbocycles. The van der Waals surface area contributed by atoms with Crippen molar-refractivity contribution in [2.45, 2.75) is 52.1 Å². The lowest BCUT2D eigenvalue weighted by Gasteiger charge is -2.24. The Morgan fingerprint density at radius 3 is 2.21 bits per heavy atom. The van der Waals surface area contributed by atoms with Gasteiger partial charge in [0, 0.05) is 0 Å². The molecule has 0 aromatic rings. The molecule has 84 valence electrons. The molecule has 0 unspecified atom stereocenters. The number of hydrogen-bond donors (Lipinski definition) is 1. The third-order valence-corrected chi connectivity index (χ3v) is 2.33. The molecule has 4 nitrogen and oxygen atoms in total. The summed E-state index contributed by atoms with van der Waals surface area (Å²) in [5.41, 5.74) is -1.17. The maximum absolute atomic E-state index is 10.9. The first kappa shape index (κ1) is 13.4. The van der Waals surface area contributed by atoms with Gasteiger partial charge in [0.1, 0.15) is 0 Å². The van der Waals surface area contributed by atoms with E-state index < -0.39 is 11.6 Å². The Balaban J connectivity index is 4.02. The van der Waals surface area contributed by atoms with E-state index in [4.69, 9.17) is 14.9 Å². The van der Waals surface area contributed by atoms with Gasteiger partial charge in [-0.2, -0.15) is 0 Å². The highest BCUT2D eigenvalue weighted by atomic mass is 17.2. The third-order valence-electron chi connectivity index (χ3n) is 2.33. The van der Waals surface area contributed by atoms with Crippen LogP contribution in [0, 0.1) is 0 Å². The minimum atomic E-state index is -1.17. The zero-order valence-corrected chi connectivity index (χ0v) is 9.21. The molecule has 0 saturated heterocycles. The van der Waals surface area contributed by atoms with E-state index in [0.29, 0.717) is 19.4 Å². The summed E-state index contributed by atoms with van der Waals surface area (Å²) in [5, 5.41) is 8.98. The van der Waals surface area contributed by atoms with Gasteiger partial charge in [-0.05, 0) is 19.3 Å². The topological polar surface area (TPSA) is 55.8 Å². The highest BCUT2D eigenvalue weighted by Gasteiger charge is 2.37. The van der Waals surface area contributed by atoms with Crippen LogP contribution in [0.25, 0.3) is 0 Å². The Morgan fingerprint density at radius 2 is 1.86 bits per heavy atom. The molecule has 14 heavy (non-hydrogen) atoms. The standard InChI is InChI=1S/C10H20O4/c1-4-7-8-13-14-10(5-2,6-3)9(11)12/h4-8H2,1-3H3,(H,11,12). The van der Waals surface area contributed by atoms with Crippen LogP contribution in [0.1, 0.15) is 46.5 Å². The average molecular weight is 204 g/mol. The van der Waals surface area contributed by atoms with Crippen LogP contribution >= 0.6 is 0 Å². The lowest BCUT2D eigenvalue weighted by Crippen LogP contribution is -2.40. The predicted octanol–water partition coefficient (Wildman–Crippen LogP) is 2.38. The number of rotatable bonds is 8. The Bertz CT molecular complexity index is 164. The number of hydrogen-bond acceptors (Lipinski definition) is 3.